The molecular formula is C13H22N2O. The lowest BCUT2D eigenvalue weighted by Gasteiger charge is -2.11. The molecule has 3 nitrogen and oxygen atoms in total. The monoisotopic (exact) mass is 222 g/mol. The van der Waals surface area contributed by atoms with Crippen LogP contribution < -0.4 is 15.8 Å². The second kappa shape index (κ2) is 6.26. The smallest absolute Gasteiger partial charge is 0.123 e. The fourth-order valence-corrected chi connectivity index (χ4v) is 1.48. The highest BCUT2D eigenvalue weighted by molar-refractivity contribution is 5.59. The third-order valence-corrected chi connectivity index (χ3v) is 2.29. The summed E-state index contributed by atoms with van der Waals surface area (Å²) in [4.78, 5) is 0. The molecule has 0 aliphatic rings. The van der Waals surface area contributed by atoms with Gasteiger partial charge in [0.25, 0.3) is 0 Å². The maximum atomic E-state index is 5.80. The van der Waals surface area contributed by atoms with Crippen molar-refractivity contribution < 1.29 is 4.74 Å². The third-order valence-electron chi connectivity index (χ3n) is 2.29. The van der Waals surface area contributed by atoms with Gasteiger partial charge in [0.2, 0.25) is 0 Å². The molecule has 0 aromatic heterocycles. The molecule has 1 aromatic rings. The average Bonchev–Trinajstić information content (AvgIpc) is 2.16. The van der Waals surface area contributed by atoms with Crippen LogP contribution in [0.15, 0.2) is 18.2 Å². The average molecular weight is 222 g/mol. The van der Waals surface area contributed by atoms with Gasteiger partial charge in [-0.2, -0.15) is 0 Å². The molecule has 0 heterocycles. The maximum absolute atomic E-state index is 5.80. The van der Waals surface area contributed by atoms with Gasteiger partial charge in [-0.25, -0.2) is 0 Å². The van der Waals surface area contributed by atoms with Crippen molar-refractivity contribution in [2.45, 2.75) is 27.2 Å². The van der Waals surface area contributed by atoms with Gasteiger partial charge in [-0.15, -0.1) is 0 Å². The van der Waals surface area contributed by atoms with E-state index in [1.165, 1.54) is 0 Å². The Labute approximate surface area is 98.0 Å². The summed E-state index contributed by atoms with van der Waals surface area (Å²) in [6.45, 7) is 8.02. The zero-order valence-corrected chi connectivity index (χ0v) is 10.4. The Bertz CT molecular complexity index is 324. The fraction of sp³-hybridized carbons (Fsp3) is 0.538. The molecule has 0 fully saturated rings. The van der Waals surface area contributed by atoms with Crippen molar-refractivity contribution in [3.63, 3.8) is 0 Å². The van der Waals surface area contributed by atoms with Crippen molar-refractivity contribution in [2.75, 3.05) is 24.2 Å². The summed E-state index contributed by atoms with van der Waals surface area (Å²) in [6, 6.07) is 5.76. The minimum absolute atomic E-state index is 0.662. The molecule has 90 valence electrons. The van der Waals surface area contributed by atoms with Gasteiger partial charge in [0.1, 0.15) is 5.75 Å². The van der Waals surface area contributed by atoms with Crippen LogP contribution >= 0.6 is 0 Å². The summed E-state index contributed by atoms with van der Waals surface area (Å²) in [5, 5.41) is 3.36. The molecule has 0 radical (unpaired) electrons. The van der Waals surface area contributed by atoms with Gasteiger partial charge >= 0.3 is 0 Å². The molecule has 16 heavy (non-hydrogen) atoms. The minimum Gasteiger partial charge on any atom is -0.494 e. The molecule has 3 N–H and O–H groups in total. The Balaban J connectivity index is 2.58. The number of nitrogens with one attached hydrogen (secondary N) is 1. The number of benzene rings is 1. The first-order chi connectivity index (χ1) is 7.61. The fourth-order valence-electron chi connectivity index (χ4n) is 1.48. The summed E-state index contributed by atoms with van der Waals surface area (Å²) in [7, 11) is 0. The molecule has 0 saturated heterocycles. The second-order valence-electron chi connectivity index (χ2n) is 4.33. The van der Waals surface area contributed by atoms with Gasteiger partial charge in [0.15, 0.2) is 0 Å². The van der Waals surface area contributed by atoms with E-state index >= 15 is 0 Å². The number of anilines is 2. The highest BCUT2D eigenvalue weighted by atomic mass is 16.5. The van der Waals surface area contributed by atoms with E-state index in [2.05, 4.69) is 19.2 Å². The molecule has 0 saturated carbocycles. The van der Waals surface area contributed by atoms with E-state index in [1.54, 1.807) is 0 Å². The number of nitrogens with two attached hydrogens (primary N) is 1. The molecule has 3 heteroatoms. The number of hydrogen-bond acceptors (Lipinski definition) is 3. The largest absolute Gasteiger partial charge is 0.494 e. The van der Waals surface area contributed by atoms with Gasteiger partial charge in [-0.1, -0.05) is 13.8 Å². The topological polar surface area (TPSA) is 47.3 Å². The minimum atomic E-state index is 0.662. The van der Waals surface area contributed by atoms with Gasteiger partial charge in [-0.3, -0.25) is 0 Å². The summed E-state index contributed by atoms with van der Waals surface area (Å²) < 4.78 is 5.43. The molecule has 0 aliphatic heterocycles. The Kier molecular flexibility index (Phi) is 4.96. The Morgan fingerprint density at radius 1 is 1.31 bits per heavy atom. The van der Waals surface area contributed by atoms with Gasteiger partial charge in [-0.05, 0) is 25.3 Å². The summed E-state index contributed by atoms with van der Waals surface area (Å²) >= 11 is 0. The van der Waals surface area contributed by atoms with Gasteiger partial charge < -0.3 is 15.8 Å². The molecule has 0 amide bonds. The van der Waals surface area contributed by atoms with Gasteiger partial charge in [0.05, 0.1) is 6.61 Å². The van der Waals surface area contributed by atoms with E-state index in [1.807, 2.05) is 25.1 Å². The predicted octanol–water partition coefficient (Wildman–Crippen LogP) is 3.13. The van der Waals surface area contributed by atoms with E-state index in [-0.39, 0.29) is 0 Å². The van der Waals surface area contributed by atoms with Crippen LogP contribution in [-0.2, 0) is 0 Å². The van der Waals surface area contributed by atoms with Crippen LogP contribution in [-0.4, -0.2) is 13.2 Å². The highest BCUT2D eigenvalue weighted by Crippen LogP contribution is 2.22. The van der Waals surface area contributed by atoms with E-state index in [4.69, 9.17) is 10.5 Å². The second-order valence-corrected chi connectivity index (χ2v) is 4.33. The predicted molar refractivity (Wildman–Crippen MR) is 70.0 cm³/mol. The van der Waals surface area contributed by atoms with Crippen LogP contribution in [0.3, 0.4) is 0 Å². The lowest BCUT2D eigenvalue weighted by molar-refractivity contribution is 0.340. The van der Waals surface area contributed by atoms with Crippen molar-refractivity contribution in [2.24, 2.45) is 5.92 Å². The van der Waals surface area contributed by atoms with Crippen LogP contribution in [0.1, 0.15) is 27.2 Å². The summed E-state index contributed by atoms with van der Waals surface area (Å²) in [6.07, 6.45) is 1.15. The molecule has 0 aliphatic carbocycles. The van der Waals surface area contributed by atoms with Crippen LogP contribution in [0, 0.1) is 5.92 Å². The molecular weight excluding hydrogens is 200 g/mol. The molecule has 0 unspecified atom stereocenters. The highest BCUT2D eigenvalue weighted by Gasteiger charge is 2.00. The standard InChI is InChI=1S/C13H22N2O/c1-4-16-13-8-11(14)7-12(9-13)15-6-5-10(2)3/h7-10,15H,4-6,14H2,1-3H3. The van der Waals surface area contributed by atoms with Crippen molar-refractivity contribution >= 4 is 11.4 Å². The van der Waals surface area contributed by atoms with Crippen LogP contribution in [0.4, 0.5) is 11.4 Å². The van der Waals surface area contributed by atoms with Crippen molar-refractivity contribution in [3.05, 3.63) is 18.2 Å². The van der Waals surface area contributed by atoms with Crippen molar-refractivity contribution in [3.8, 4) is 5.75 Å². The van der Waals surface area contributed by atoms with E-state index in [0.29, 0.717) is 12.5 Å². The van der Waals surface area contributed by atoms with Crippen LogP contribution in [0.2, 0.25) is 0 Å². The van der Waals surface area contributed by atoms with E-state index < -0.39 is 0 Å². The van der Waals surface area contributed by atoms with E-state index in [9.17, 15) is 0 Å². The first-order valence-electron chi connectivity index (χ1n) is 5.89. The van der Waals surface area contributed by atoms with Crippen molar-refractivity contribution in [1.82, 2.24) is 0 Å². The zero-order valence-electron chi connectivity index (χ0n) is 10.4. The Morgan fingerprint density at radius 3 is 2.69 bits per heavy atom. The summed E-state index contributed by atoms with van der Waals surface area (Å²) in [5.41, 5.74) is 7.57. The number of hydrogen-bond donors (Lipinski definition) is 2. The summed E-state index contributed by atoms with van der Waals surface area (Å²) in [5.74, 6) is 1.54. The normalized spacial score (nSPS) is 10.5. The number of rotatable bonds is 6. The quantitative estimate of drug-likeness (QED) is 0.727. The Hall–Kier alpha value is -1.38. The van der Waals surface area contributed by atoms with Crippen molar-refractivity contribution in [1.29, 1.82) is 0 Å². The first-order valence-corrected chi connectivity index (χ1v) is 5.89. The lowest BCUT2D eigenvalue weighted by atomic mass is 10.1. The molecule has 1 rings (SSSR count). The van der Waals surface area contributed by atoms with Gasteiger partial charge in [0, 0.05) is 30.1 Å². The van der Waals surface area contributed by atoms with E-state index in [0.717, 1.165) is 30.1 Å². The number of nitrogen functional groups attached to an aromatic ring is 1. The lowest BCUT2D eigenvalue weighted by Crippen LogP contribution is -2.05. The number of ether oxygens (including phenoxy) is 1. The molecule has 0 bridgehead atoms. The third kappa shape index (κ3) is 4.43. The van der Waals surface area contributed by atoms with Crippen LogP contribution in [0.25, 0.3) is 0 Å². The zero-order chi connectivity index (χ0) is 12.0. The maximum Gasteiger partial charge on any atom is 0.123 e. The Morgan fingerprint density at radius 2 is 2.06 bits per heavy atom. The van der Waals surface area contributed by atoms with Crippen LogP contribution in [0.5, 0.6) is 5.75 Å². The SMILES string of the molecule is CCOc1cc(N)cc(NCCC(C)C)c1. The first kappa shape index (κ1) is 12.7. The molecule has 0 spiro atoms. The molecule has 1 aromatic carbocycles. The molecule has 0 atom stereocenters.